The number of carbonyl (C=O) groups is 1. The summed E-state index contributed by atoms with van der Waals surface area (Å²) in [6, 6.07) is 16.1. The number of thioether (sulfide) groups is 1. The van der Waals surface area contributed by atoms with Crippen LogP contribution in [0.1, 0.15) is 39.7 Å². The van der Waals surface area contributed by atoms with Crippen LogP contribution < -0.4 is 0 Å². The van der Waals surface area contributed by atoms with Gasteiger partial charge in [-0.25, -0.2) is 0 Å². The van der Waals surface area contributed by atoms with Gasteiger partial charge in [-0.3, -0.25) is 10.2 Å². The summed E-state index contributed by atoms with van der Waals surface area (Å²) in [4.78, 5) is 13.9. The van der Waals surface area contributed by atoms with E-state index in [1.165, 1.54) is 23.1 Å². The number of nitrogens with one attached hydrogen (secondary N) is 1. The van der Waals surface area contributed by atoms with Crippen LogP contribution in [0.2, 0.25) is 5.02 Å². The van der Waals surface area contributed by atoms with Crippen molar-refractivity contribution in [3.63, 3.8) is 0 Å². The average molecular weight is 493 g/mol. The molecule has 0 spiro atoms. The third-order valence-corrected chi connectivity index (χ3v) is 8.21. The van der Waals surface area contributed by atoms with Crippen molar-refractivity contribution >= 4 is 62.5 Å². The number of carbonyl (C=O) groups excluding carboxylic acids is 1. The molecule has 3 heterocycles. The van der Waals surface area contributed by atoms with E-state index in [1.54, 1.807) is 0 Å². The molecule has 2 aromatic heterocycles. The fourth-order valence-electron chi connectivity index (χ4n) is 4.09. The lowest BCUT2D eigenvalue weighted by molar-refractivity contribution is -0.114. The quantitative estimate of drug-likeness (QED) is 0.323. The molecule has 1 aliphatic heterocycles. The van der Waals surface area contributed by atoms with Crippen molar-refractivity contribution in [1.82, 2.24) is 14.8 Å². The van der Waals surface area contributed by atoms with Crippen molar-refractivity contribution in [2.45, 2.75) is 32.7 Å². The molecule has 4 aromatic rings. The number of nitrogens with zero attached hydrogens (tertiary/aromatic N) is 3. The Bertz CT molecular complexity index is 1420. The molecule has 33 heavy (non-hydrogen) atoms. The van der Waals surface area contributed by atoms with E-state index in [2.05, 4.69) is 33.8 Å². The maximum absolute atomic E-state index is 13.3. The number of rotatable bonds is 5. The molecular weight excluding hydrogens is 472 g/mol. The van der Waals surface area contributed by atoms with Crippen LogP contribution in [0.5, 0.6) is 0 Å². The van der Waals surface area contributed by atoms with Gasteiger partial charge in [0.25, 0.3) is 0 Å². The summed E-state index contributed by atoms with van der Waals surface area (Å²) in [6.45, 7) is 4.79. The van der Waals surface area contributed by atoms with Gasteiger partial charge in [-0.1, -0.05) is 60.6 Å². The van der Waals surface area contributed by atoms with Crippen LogP contribution in [0.4, 0.5) is 0 Å². The van der Waals surface area contributed by atoms with E-state index in [4.69, 9.17) is 17.0 Å². The molecule has 0 aliphatic carbocycles. The lowest BCUT2D eigenvalue weighted by atomic mass is 10.0. The Morgan fingerprint density at radius 3 is 2.64 bits per heavy atom. The maximum Gasteiger partial charge on any atom is 0.186 e. The lowest BCUT2D eigenvalue weighted by Gasteiger charge is -2.09. The molecule has 0 unspecified atom stereocenters. The number of ketones is 1. The van der Waals surface area contributed by atoms with Gasteiger partial charge in [-0.15, -0.1) is 21.5 Å². The fraction of sp³-hybridized carbons (Fsp3) is 0.200. The third kappa shape index (κ3) is 4.05. The number of Topliss-reactive ketones (excluding diaryl/α,β-unsaturated/α-hetero) is 1. The molecule has 0 saturated carbocycles. The molecule has 166 valence electrons. The van der Waals surface area contributed by atoms with Gasteiger partial charge in [0, 0.05) is 33.7 Å². The minimum atomic E-state index is -0.637. The SMILES string of the molecule is CCc1nnc([C@H]2C(=N)S/C(=C\c3c(C)n(Cc4ccc(Cl)cc4)c4ccccc34)C2=O)s1. The molecule has 5 nitrogen and oxygen atoms in total. The van der Waals surface area contributed by atoms with Crippen LogP contribution in [-0.2, 0) is 17.8 Å². The van der Waals surface area contributed by atoms with Crippen LogP contribution >= 0.6 is 34.7 Å². The van der Waals surface area contributed by atoms with E-state index >= 15 is 0 Å². The third-order valence-electron chi connectivity index (χ3n) is 5.83. The molecule has 5 rings (SSSR count). The molecule has 8 heteroatoms. The predicted molar refractivity (Wildman–Crippen MR) is 138 cm³/mol. The highest BCUT2D eigenvalue weighted by Gasteiger charge is 2.39. The summed E-state index contributed by atoms with van der Waals surface area (Å²) in [5.41, 5.74) is 4.34. The first-order valence-electron chi connectivity index (χ1n) is 10.6. The van der Waals surface area contributed by atoms with Crippen molar-refractivity contribution in [1.29, 1.82) is 5.41 Å². The number of para-hydroxylation sites is 1. The number of benzene rings is 2. The van der Waals surface area contributed by atoms with Crippen molar-refractivity contribution < 1.29 is 4.79 Å². The van der Waals surface area contributed by atoms with E-state index < -0.39 is 5.92 Å². The summed E-state index contributed by atoms with van der Waals surface area (Å²) in [6.07, 6.45) is 2.72. The molecule has 2 aromatic carbocycles. The Labute approximate surface area is 205 Å². The Morgan fingerprint density at radius 1 is 1.15 bits per heavy atom. The molecular formula is C25H21ClN4OS2. The van der Waals surface area contributed by atoms with Gasteiger partial charge in [-0.05, 0) is 43.2 Å². The van der Waals surface area contributed by atoms with Crippen LogP contribution in [0.3, 0.4) is 0 Å². The first-order chi connectivity index (χ1) is 16.0. The zero-order chi connectivity index (χ0) is 23.1. The molecule has 0 amide bonds. The molecule has 1 saturated heterocycles. The van der Waals surface area contributed by atoms with Gasteiger partial charge in [0.2, 0.25) is 0 Å². The standard InChI is InChI=1S/C25H21ClN4OS2/c1-3-21-28-29-25(33-21)22-23(31)20(32-24(22)27)12-18-14(2)30(19-7-5-4-6-17(18)19)13-15-8-10-16(26)11-9-15/h4-12,22,27H,3,13H2,1-2H3/b20-12-,27-24?/t22-/m1/s1. The zero-order valence-corrected chi connectivity index (χ0v) is 20.5. The van der Waals surface area contributed by atoms with Crippen LogP contribution in [0.25, 0.3) is 17.0 Å². The number of aromatic nitrogens is 3. The smallest absolute Gasteiger partial charge is 0.186 e. The van der Waals surface area contributed by atoms with Gasteiger partial charge in [0.1, 0.15) is 15.9 Å². The van der Waals surface area contributed by atoms with Gasteiger partial charge >= 0.3 is 0 Å². The molecule has 0 radical (unpaired) electrons. The number of halogens is 1. The van der Waals surface area contributed by atoms with Gasteiger partial charge < -0.3 is 4.57 Å². The van der Waals surface area contributed by atoms with E-state index in [1.807, 2.05) is 49.4 Å². The normalized spacial score (nSPS) is 17.5. The monoisotopic (exact) mass is 492 g/mol. The summed E-state index contributed by atoms with van der Waals surface area (Å²) < 4.78 is 2.26. The molecule has 1 N–H and O–H groups in total. The summed E-state index contributed by atoms with van der Waals surface area (Å²) >= 11 is 8.71. The van der Waals surface area contributed by atoms with Gasteiger partial charge in [0.05, 0.1) is 9.95 Å². The average Bonchev–Trinajstić information content (AvgIpc) is 3.47. The molecule has 0 bridgehead atoms. The Balaban J connectivity index is 1.55. The number of hydrogen-bond donors (Lipinski definition) is 1. The minimum absolute atomic E-state index is 0.0715. The highest BCUT2D eigenvalue weighted by molar-refractivity contribution is 8.19. The topological polar surface area (TPSA) is 71.6 Å². The first kappa shape index (κ1) is 22.1. The van der Waals surface area contributed by atoms with E-state index in [0.29, 0.717) is 26.5 Å². The van der Waals surface area contributed by atoms with E-state index in [0.717, 1.165) is 39.2 Å². The fourth-order valence-corrected chi connectivity index (χ4v) is 6.15. The zero-order valence-electron chi connectivity index (χ0n) is 18.1. The minimum Gasteiger partial charge on any atom is -0.340 e. The Hall–Kier alpha value is -2.74. The molecule has 1 aliphatic rings. The number of aryl methyl sites for hydroxylation is 1. The highest BCUT2D eigenvalue weighted by atomic mass is 35.5. The Kier molecular flexibility index (Phi) is 5.95. The maximum atomic E-state index is 13.3. The summed E-state index contributed by atoms with van der Waals surface area (Å²) in [7, 11) is 0. The Morgan fingerprint density at radius 2 is 1.91 bits per heavy atom. The largest absolute Gasteiger partial charge is 0.340 e. The second-order valence-corrected chi connectivity index (χ2v) is 10.5. The van der Waals surface area contributed by atoms with Crippen LogP contribution in [0, 0.1) is 12.3 Å². The van der Waals surface area contributed by atoms with E-state index in [9.17, 15) is 4.79 Å². The van der Waals surface area contributed by atoms with Crippen LogP contribution in [-0.4, -0.2) is 25.6 Å². The van der Waals surface area contributed by atoms with Gasteiger partial charge in [-0.2, -0.15) is 0 Å². The second-order valence-electron chi connectivity index (χ2n) is 7.89. The van der Waals surface area contributed by atoms with Crippen molar-refractivity contribution in [3.8, 4) is 0 Å². The molecule has 1 fully saturated rings. The van der Waals surface area contributed by atoms with Crippen molar-refractivity contribution in [2.24, 2.45) is 0 Å². The summed E-state index contributed by atoms with van der Waals surface area (Å²) in [5.74, 6) is -0.709. The highest BCUT2D eigenvalue weighted by Crippen LogP contribution is 2.42. The van der Waals surface area contributed by atoms with E-state index in [-0.39, 0.29) is 5.78 Å². The first-order valence-corrected chi connectivity index (χ1v) is 12.6. The summed E-state index contributed by atoms with van der Waals surface area (Å²) in [5, 5.41) is 20.4. The number of fused-ring (bicyclic) bond motifs is 1. The van der Waals surface area contributed by atoms with Crippen LogP contribution in [0.15, 0.2) is 53.4 Å². The number of hydrogen-bond acceptors (Lipinski definition) is 6. The number of allylic oxidation sites excluding steroid dienone is 1. The lowest BCUT2D eigenvalue weighted by Crippen LogP contribution is -2.11. The van der Waals surface area contributed by atoms with Gasteiger partial charge in [0.15, 0.2) is 5.78 Å². The molecule has 1 atom stereocenters. The predicted octanol–water partition coefficient (Wildman–Crippen LogP) is 6.48. The van der Waals surface area contributed by atoms with Crippen molar-refractivity contribution in [3.05, 3.63) is 85.3 Å². The van der Waals surface area contributed by atoms with Crippen molar-refractivity contribution in [2.75, 3.05) is 0 Å². The second kappa shape index (κ2) is 8.89.